The van der Waals surface area contributed by atoms with Gasteiger partial charge in [0.1, 0.15) is 11.6 Å². The van der Waals surface area contributed by atoms with Crippen LogP contribution in [0, 0.1) is 0 Å². The summed E-state index contributed by atoms with van der Waals surface area (Å²) in [5.74, 6) is 0.312. The summed E-state index contributed by atoms with van der Waals surface area (Å²) in [4.78, 5) is 18.7. The molecule has 0 radical (unpaired) electrons. The van der Waals surface area contributed by atoms with E-state index in [-0.39, 0.29) is 18.2 Å². The van der Waals surface area contributed by atoms with Crippen LogP contribution in [0.15, 0.2) is 42.7 Å². The maximum atomic E-state index is 12.4. The minimum Gasteiger partial charge on any atom is -0.434 e. The fourth-order valence-electron chi connectivity index (χ4n) is 1.88. The fourth-order valence-corrected chi connectivity index (χ4v) is 1.88. The molecule has 0 aliphatic carbocycles. The third kappa shape index (κ3) is 4.41. The SMILES string of the molecule is C/C(=C/C(=O)NCc1ncc[nH]1)c1ccccc1OC(F)F. The molecule has 5 nitrogen and oxygen atoms in total. The summed E-state index contributed by atoms with van der Waals surface area (Å²) in [6.07, 6.45) is 4.57. The number of halogens is 2. The fraction of sp³-hybridized carbons (Fsp3) is 0.200. The molecule has 1 heterocycles. The van der Waals surface area contributed by atoms with Gasteiger partial charge in [0.15, 0.2) is 0 Å². The van der Waals surface area contributed by atoms with Crippen LogP contribution in [0.4, 0.5) is 8.78 Å². The first-order valence-electron chi connectivity index (χ1n) is 6.55. The maximum Gasteiger partial charge on any atom is 0.387 e. The van der Waals surface area contributed by atoms with E-state index < -0.39 is 6.61 Å². The molecule has 2 N–H and O–H groups in total. The normalized spacial score (nSPS) is 11.5. The lowest BCUT2D eigenvalue weighted by atomic mass is 10.1. The predicted octanol–water partition coefficient (Wildman–Crippen LogP) is 2.73. The van der Waals surface area contributed by atoms with Gasteiger partial charge in [-0.3, -0.25) is 4.79 Å². The monoisotopic (exact) mass is 307 g/mol. The zero-order valence-electron chi connectivity index (χ0n) is 11.8. The molecule has 0 atom stereocenters. The summed E-state index contributed by atoms with van der Waals surface area (Å²) in [7, 11) is 0. The van der Waals surface area contributed by atoms with E-state index in [2.05, 4.69) is 20.0 Å². The van der Waals surface area contributed by atoms with Crippen LogP contribution in [0.25, 0.3) is 5.57 Å². The van der Waals surface area contributed by atoms with Crippen LogP contribution in [-0.4, -0.2) is 22.5 Å². The number of imidazole rings is 1. The van der Waals surface area contributed by atoms with Crippen molar-refractivity contribution in [1.82, 2.24) is 15.3 Å². The third-order valence-corrected chi connectivity index (χ3v) is 2.86. The van der Waals surface area contributed by atoms with Crippen molar-refractivity contribution in [3.8, 4) is 5.75 Å². The largest absolute Gasteiger partial charge is 0.434 e. The van der Waals surface area contributed by atoms with Gasteiger partial charge in [0.2, 0.25) is 5.91 Å². The van der Waals surface area contributed by atoms with E-state index in [1.165, 1.54) is 12.1 Å². The number of carbonyl (C=O) groups is 1. The van der Waals surface area contributed by atoms with Crippen molar-refractivity contribution in [1.29, 1.82) is 0 Å². The minimum absolute atomic E-state index is 0.0325. The molecule has 0 aliphatic heterocycles. The summed E-state index contributed by atoms with van der Waals surface area (Å²) in [5, 5.41) is 2.65. The van der Waals surface area contributed by atoms with Crippen LogP contribution in [0.2, 0.25) is 0 Å². The lowest BCUT2D eigenvalue weighted by Crippen LogP contribution is -2.21. The van der Waals surface area contributed by atoms with Gasteiger partial charge >= 0.3 is 6.61 Å². The smallest absolute Gasteiger partial charge is 0.387 e. The van der Waals surface area contributed by atoms with E-state index in [4.69, 9.17) is 0 Å². The van der Waals surface area contributed by atoms with E-state index in [1.54, 1.807) is 37.5 Å². The van der Waals surface area contributed by atoms with Gasteiger partial charge in [0.25, 0.3) is 0 Å². The number of hydrogen-bond acceptors (Lipinski definition) is 3. The van der Waals surface area contributed by atoms with Crippen LogP contribution >= 0.6 is 0 Å². The second-order valence-electron chi connectivity index (χ2n) is 4.46. The predicted molar refractivity (Wildman–Crippen MR) is 77.2 cm³/mol. The number of alkyl halides is 2. The zero-order valence-corrected chi connectivity index (χ0v) is 11.8. The topological polar surface area (TPSA) is 67.0 Å². The highest BCUT2D eigenvalue weighted by molar-refractivity contribution is 5.95. The molecule has 0 aliphatic rings. The number of H-pyrrole nitrogens is 1. The first-order chi connectivity index (χ1) is 10.6. The molecular formula is C15H15F2N3O2. The highest BCUT2D eigenvalue weighted by Gasteiger charge is 2.11. The molecular weight excluding hydrogens is 292 g/mol. The maximum absolute atomic E-state index is 12.4. The van der Waals surface area contributed by atoms with Crippen molar-refractivity contribution in [3.05, 3.63) is 54.1 Å². The number of para-hydroxylation sites is 1. The van der Waals surface area contributed by atoms with E-state index >= 15 is 0 Å². The number of benzene rings is 1. The molecule has 2 aromatic rings. The number of rotatable bonds is 6. The summed E-state index contributed by atoms with van der Waals surface area (Å²) in [6, 6.07) is 6.32. The van der Waals surface area contributed by atoms with Crippen molar-refractivity contribution >= 4 is 11.5 Å². The number of nitrogens with one attached hydrogen (secondary N) is 2. The number of ether oxygens (including phenoxy) is 1. The Morgan fingerprint density at radius 3 is 2.91 bits per heavy atom. The molecule has 0 spiro atoms. The minimum atomic E-state index is -2.92. The van der Waals surface area contributed by atoms with Gasteiger partial charge in [-0.05, 0) is 18.6 Å². The molecule has 1 aromatic heterocycles. The molecule has 116 valence electrons. The molecule has 22 heavy (non-hydrogen) atoms. The van der Waals surface area contributed by atoms with E-state index in [0.717, 1.165) is 0 Å². The molecule has 1 aromatic carbocycles. The summed E-state index contributed by atoms with van der Waals surface area (Å²) < 4.78 is 29.2. The van der Waals surface area contributed by atoms with Crippen LogP contribution in [0.5, 0.6) is 5.75 Å². The first-order valence-corrected chi connectivity index (χ1v) is 6.55. The van der Waals surface area contributed by atoms with Crippen LogP contribution in [0.1, 0.15) is 18.3 Å². The van der Waals surface area contributed by atoms with E-state index in [0.29, 0.717) is 17.0 Å². The number of aromatic amines is 1. The van der Waals surface area contributed by atoms with Crippen molar-refractivity contribution in [2.75, 3.05) is 0 Å². The number of nitrogens with zero attached hydrogens (tertiary/aromatic N) is 1. The molecule has 0 saturated heterocycles. The first kappa shape index (κ1) is 15.7. The van der Waals surface area contributed by atoms with Crippen molar-refractivity contribution < 1.29 is 18.3 Å². The number of amides is 1. The van der Waals surface area contributed by atoms with Crippen molar-refractivity contribution in [3.63, 3.8) is 0 Å². The number of hydrogen-bond donors (Lipinski definition) is 2. The third-order valence-electron chi connectivity index (χ3n) is 2.86. The molecule has 1 amide bonds. The quantitative estimate of drug-likeness (QED) is 0.806. The lowest BCUT2D eigenvalue weighted by Gasteiger charge is -2.10. The van der Waals surface area contributed by atoms with Gasteiger partial charge < -0.3 is 15.0 Å². The molecule has 0 fully saturated rings. The Balaban J connectivity index is 2.06. The van der Waals surface area contributed by atoms with Crippen LogP contribution in [-0.2, 0) is 11.3 Å². The molecule has 0 saturated carbocycles. The van der Waals surface area contributed by atoms with Gasteiger partial charge in [0.05, 0.1) is 6.54 Å². The van der Waals surface area contributed by atoms with Crippen LogP contribution in [0.3, 0.4) is 0 Å². The highest BCUT2D eigenvalue weighted by Crippen LogP contribution is 2.26. The zero-order chi connectivity index (χ0) is 15.9. The molecule has 2 rings (SSSR count). The Bertz CT molecular complexity index is 655. The van der Waals surface area contributed by atoms with Gasteiger partial charge in [0, 0.05) is 24.0 Å². The number of aromatic nitrogens is 2. The standard InChI is InChI=1S/C15H15F2N3O2/c1-10(8-14(21)20-9-13-18-6-7-19-13)11-4-2-3-5-12(11)22-15(16)17/h2-8,15H,9H2,1H3,(H,18,19)(H,20,21)/b10-8-. The summed E-state index contributed by atoms with van der Waals surface area (Å²) in [5.41, 5.74) is 0.962. The average molecular weight is 307 g/mol. The highest BCUT2D eigenvalue weighted by atomic mass is 19.3. The summed E-state index contributed by atoms with van der Waals surface area (Å²) >= 11 is 0. The Labute approximate surface area is 126 Å². The molecule has 0 bridgehead atoms. The molecule has 7 heteroatoms. The number of carbonyl (C=O) groups excluding carboxylic acids is 1. The van der Waals surface area contributed by atoms with Gasteiger partial charge in [-0.15, -0.1) is 0 Å². The Morgan fingerprint density at radius 1 is 1.45 bits per heavy atom. The Morgan fingerprint density at radius 2 is 2.23 bits per heavy atom. The van der Waals surface area contributed by atoms with Gasteiger partial charge in [-0.25, -0.2) is 4.98 Å². The molecule has 0 unspecified atom stereocenters. The summed E-state index contributed by atoms with van der Waals surface area (Å²) in [6.45, 7) is -1.01. The number of allylic oxidation sites excluding steroid dienone is 1. The van der Waals surface area contributed by atoms with Crippen LogP contribution < -0.4 is 10.1 Å². The Hall–Kier alpha value is -2.70. The Kier molecular flexibility index (Phi) is 5.24. The van der Waals surface area contributed by atoms with Gasteiger partial charge in [-0.2, -0.15) is 8.78 Å². The van der Waals surface area contributed by atoms with Crippen molar-refractivity contribution in [2.24, 2.45) is 0 Å². The average Bonchev–Trinajstić information content (AvgIpc) is 2.98. The second-order valence-corrected chi connectivity index (χ2v) is 4.46. The van der Waals surface area contributed by atoms with Crippen molar-refractivity contribution in [2.45, 2.75) is 20.1 Å². The van der Waals surface area contributed by atoms with E-state index in [1.807, 2.05) is 0 Å². The lowest BCUT2D eigenvalue weighted by molar-refractivity contribution is -0.116. The second kappa shape index (κ2) is 7.35. The van der Waals surface area contributed by atoms with E-state index in [9.17, 15) is 13.6 Å². The van der Waals surface area contributed by atoms with Gasteiger partial charge in [-0.1, -0.05) is 18.2 Å².